The van der Waals surface area contributed by atoms with Crippen molar-refractivity contribution < 1.29 is 9.84 Å². The van der Waals surface area contributed by atoms with Gasteiger partial charge in [-0.1, -0.05) is 12.1 Å². The molecule has 2 heterocycles. The van der Waals surface area contributed by atoms with E-state index in [1.807, 2.05) is 13.0 Å². The van der Waals surface area contributed by atoms with Crippen molar-refractivity contribution in [3.05, 3.63) is 53.1 Å². The van der Waals surface area contributed by atoms with Crippen LogP contribution in [0.5, 0.6) is 5.75 Å². The standard InChI is InChI=1S/C16H18N2O2/c1-11-17-8-6-14(18-11)15(19)4-2-12-3-5-16-13(10-12)7-9-20-16/h3,5-6,8,10,15,19H,2,4,7,9H2,1H3. The first-order valence-electron chi connectivity index (χ1n) is 6.94. The van der Waals surface area contributed by atoms with Gasteiger partial charge in [0.2, 0.25) is 0 Å². The lowest BCUT2D eigenvalue weighted by atomic mass is 10.0. The predicted molar refractivity (Wildman–Crippen MR) is 75.7 cm³/mol. The maximum absolute atomic E-state index is 10.2. The van der Waals surface area contributed by atoms with Gasteiger partial charge >= 0.3 is 0 Å². The van der Waals surface area contributed by atoms with Crippen molar-refractivity contribution in [2.45, 2.75) is 32.3 Å². The number of aromatic nitrogens is 2. The monoisotopic (exact) mass is 270 g/mol. The van der Waals surface area contributed by atoms with Gasteiger partial charge in [-0.05, 0) is 43.0 Å². The van der Waals surface area contributed by atoms with Crippen LogP contribution in [0, 0.1) is 6.92 Å². The number of fused-ring (bicyclic) bond motifs is 1. The minimum atomic E-state index is -0.541. The Morgan fingerprint density at radius 1 is 1.35 bits per heavy atom. The SMILES string of the molecule is Cc1nccc(C(O)CCc2ccc3c(c2)CCO3)n1. The Hall–Kier alpha value is -1.94. The first kappa shape index (κ1) is 13.1. The summed E-state index contributed by atoms with van der Waals surface area (Å²) >= 11 is 0. The summed E-state index contributed by atoms with van der Waals surface area (Å²) < 4.78 is 5.50. The predicted octanol–water partition coefficient (Wildman–Crippen LogP) is 2.39. The summed E-state index contributed by atoms with van der Waals surface area (Å²) in [5.74, 6) is 1.69. The van der Waals surface area contributed by atoms with Gasteiger partial charge in [0.1, 0.15) is 11.6 Å². The second-order valence-electron chi connectivity index (χ2n) is 5.12. The molecular formula is C16H18N2O2. The molecule has 104 valence electrons. The van der Waals surface area contributed by atoms with E-state index < -0.39 is 6.10 Å². The molecule has 0 aliphatic carbocycles. The van der Waals surface area contributed by atoms with Crippen molar-refractivity contribution in [2.24, 2.45) is 0 Å². The van der Waals surface area contributed by atoms with Crippen LogP contribution in [-0.4, -0.2) is 21.7 Å². The molecule has 1 aliphatic rings. The van der Waals surface area contributed by atoms with E-state index in [1.165, 1.54) is 11.1 Å². The molecule has 0 saturated heterocycles. The molecule has 1 unspecified atom stereocenters. The number of hydrogen-bond donors (Lipinski definition) is 1. The summed E-state index contributed by atoms with van der Waals surface area (Å²) in [6.07, 6.45) is 3.62. The van der Waals surface area contributed by atoms with Gasteiger partial charge in [-0.15, -0.1) is 0 Å². The lowest BCUT2D eigenvalue weighted by Gasteiger charge is -2.11. The van der Waals surface area contributed by atoms with E-state index in [2.05, 4.69) is 22.1 Å². The molecule has 3 rings (SSSR count). The number of nitrogens with zero attached hydrogens (tertiary/aromatic N) is 2. The zero-order valence-corrected chi connectivity index (χ0v) is 11.5. The number of benzene rings is 1. The average Bonchev–Trinajstić information content (AvgIpc) is 2.92. The Balaban J connectivity index is 1.64. The van der Waals surface area contributed by atoms with E-state index in [1.54, 1.807) is 12.3 Å². The molecule has 0 bridgehead atoms. The maximum atomic E-state index is 10.2. The molecule has 20 heavy (non-hydrogen) atoms. The van der Waals surface area contributed by atoms with Crippen LogP contribution in [0.4, 0.5) is 0 Å². The lowest BCUT2D eigenvalue weighted by molar-refractivity contribution is 0.162. The van der Waals surface area contributed by atoms with E-state index in [9.17, 15) is 5.11 Å². The van der Waals surface area contributed by atoms with Crippen LogP contribution in [-0.2, 0) is 12.8 Å². The molecule has 1 aromatic carbocycles. The highest BCUT2D eigenvalue weighted by atomic mass is 16.5. The van der Waals surface area contributed by atoms with E-state index in [-0.39, 0.29) is 0 Å². The minimum absolute atomic E-state index is 0.541. The Kier molecular flexibility index (Phi) is 3.65. The molecule has 2 aromatic rings. The lowest BCUT2D eigenvalue weighted by Crippen LogP contribution is -2.04. The largest absolute Gasteiger partial charge is 0.493 e. The summed E-state index contributed by atoms with van der Waals surface area (Å²) in [7, 11) is 0. The van der Waals surface area contributed by atoms with Crippen molar-refractivity contribution in [1.29, 1.82) is 0 Å². The molecular weight excluding hydrogens is 252 g/mol. The minimum Gasteiger partial charge on any atom is -0.493 e. The third kappa shape index (κ3) is 2.80. The summed E-state index contributed by atoms with van der Waals surface area (Å²) in [4.78, 5) is 8.31. The van der Waals surface area contributed by atoms with Crippen LogP contribution in [0.15, 0.2) is 30.5 Å². The molecule has 0 fully saturated rings. The highest BCUT2D eigenvalue weighted by Crippen LogP contribution is 2.27. The molecule has 4 nitrogen and oxygen atoms in total. The van der Waals surface area contributed by atoms with Crippen molar-refractivity contribution in [2.75, 3.05) is 6.61 Å². The molecule has 0 radical (unpaired) electrons. The topological polar surface area (TPSA) is 55.2 Å². The number of aliphatic hydroxyl groups excluding tert-OH is 1. The number of aryl methyl sites for hydroxylation is 2. The molecule has 0 saturated carbocycles. The molecule has 0 spiro atoms. The van der Waals surface area contributed by atoms with Crippen molar-refractivity contribution in [1.82, 2.24) is 9.97 Å². The van der Waals surface area contributed by atoms with Gasteiger partial charge in [-0.2, -0.15) is 0 Å². The van der Waals surface area contributed by atoms with Gasteiger partial charge in [0.05, 0.1) is 18.4 Å². The number of ether oxygens (including phenoxy) is 1. The average molecular weight is 270 g/mol. The third-order valence-electron chi connectivity index (χ3n) is 3.60. The number of hydrogen-bond acceptors (Lipinski definition) is 4. The summed E-state index contributed by atoms with van der Waals surface area (Å²) in [6.45, 7) is 2.61. The van der Waals surface area contributed by atoms with Gasteiger partial charge < -0.3 is 9.84 Å². The first-order chi connectivity index (χ1) is 9.72. The van der Waals surface area contributed by atoms with Gasteiger partial charge in [0.15, 0.2) is 0 Å². The Bertz CT molecular complexity index is 613. The van der Waals surface area contributed by atoms with Crippen LogP contribution in [0.1, 0.15) is 35.2 Å². The fourth-order valence-corrected chi connectivity index (χ4v) is 2.51. The van der Waals surface area contributed by atoms with Gasteiger partial charge in [0, 0.05) is 12.6 Å². The van der Waals surface area contributed by atoms with Crippen molar-refractivity contribution >= 4 is 0 Å². The third-order valence-corrected chi connectivity index (χ3v) is 3.60. The Morgan fingerprint density at radius 3 is 3.10 bits per heavy atom. The van der Waals surface area contributed by atoms with E-state index in [0.29, 0.717) is 17.9 Å². The zero-order chi connectivity index (χ0) is 13.9. The van der Waals surface area contributed by atoms with Crippen LogP contribution in [0.2, 0.25) is 0 Å². The summed E-state index contributed by atoms with van der Waals surface area (Å²) in [5.41, 5.74) is 3.20. The smallest absolute Gasteiger partial charge is 0.125 e. The van der Waals surface area contributed by atoms with Crippen molar-refractivity contribution in [3.63, 3.8) is 0 Å². The van der Waals surface area contributed by atoms with E-state index in [0.717, 1.165) is 25.2 Å². The van der Waals surface area contributed by atoms with Crippen LogP contribution >= 0.6 is 0 Å². The highest BCUT2D eigenvalue weighted by Gasteiger charge is 2.14. The molecule has 1 N–H and O–H groups in total. The van der Waals surface area contributed by atoms with Gasteiger partial charge in [-0.25, -0.2) is 9.97 Å². The quantitative estimate of drug-likeness (QED) is 0.926. The Morgan fingerprint density at radius 2 is 2.25 bits per heavy atom. The molecule has 1 aliphatic heterocycles. The maximum Gasteiger partial charge on any atom is 0.125 e. The van der Waals surface area contributed by atoms with E-state index in [4.69, 9.17) is 4.74 Å². The first-order valence-corrected chi connectivity index (χ1v) is 6.94. The van der Waals surface area contributed by atoms with Gasteiger partial charge in [0.25, 0.3) is 0 Å². The molecule has 1 aromatic heterocycles. The van der Waals surface area contributed by atoms with E-state index >= 15 is 0 Å². The zero-order valence-electron chi connectivity index (χ0n) is 11.5. The highest BCUT2D eigenvalue weighted by molar-refractivity contribution is 5.39. The van der Waals surface area contributed by atoms with Crippen LogP contribution < -0.4 is 4.74 Å². The number of rotatable bonds is 4. The normalized spacial score (nSPS) is 14.7. The fraction of sp³-hybridized carbons (Fsp3) is 0.375. The molecule has 0 amide bonds. The van der Waals surface area contributed by atoms with Crippen molar-refractivity contribution in [3.8, 4) is 5.75 Å². The van der Waals surface area contributed by atoms with Gasteiger partial charge in [-0.3, -0.25) is 0 Å². The van der Waals surface area contributed by atoms with Crippen LogP contribution in [0.25, 0.3) is 0 Å². The summed E-state index contributed by atoms with van der Waals surface area (Å²) in [5, 5.41) is 10.2. The summed E-state index contributed by atoms with van der Waals surface area (Å²) in [6, 6.07) is 8.05. The second kappa shape index (κ2) is 5.59. The second-order valence-corrected chi connectivity index (χ2v) is 5.12. The number of aliphatic hydroxyl groups is 1. The molecule has 1 atom stereocenters. The van der Waals surface area contributed by atoms with Crippen LogP contribution in [0.3, 0.4) is 0 Å². The molecule has 4 heteroatoms. The fourth-order valence-electron chi connectivity index (χ4n) is 2.51. The Labute approximate surface area is 118 Å².